The van der Waals surface area contributed by atoms with Gasteiger partial charge < -0.3 is 20.1 Å². The molecule has 0 bridgehead atoms. The Morgan fingerprint density at radius 1 is 0.844 bits per heavy atom. The van der Waals surface area contributed by atoms with E-state index in [4.69, 9.17) is 9.47 Å². The number of carbonyl (C=O) groups excluding carboxylic acids is 2. The molecular formula is C23H19F3N2O4. The molecule has 9 heteroatoms. The van der Waals surface area contributed by atoms with E-state index >= 15 is 0 Å². The third-order valence-electron chi connectivity index (χ3n) is 4.28. The van der Waals surface area contributed by atoms with Gasteiger partial charge in [0.05, 0.1) is 12.7 Å². The number of alkyl halides is 3. The Hall–Kier alpha value is -4.01. The van der Waals surface area contributed by atoms with Crippen molar-refractivity contribution in [2.24, 2.45) is 0 Å². The Morgan fingerprint density at radius 3 is 2.19 bits per heavy atom. The van der Waals surface area contributed by atoms with Crippen molar-refractivity contribution in [3.63, 3.8) is 0 Å². The fourth-order valence-electron chi connectivity index (χ4n) is 2.79. The molecule has 3 aromatic carbocycles. The molecule has 0 aliphatic rings. The Morgan fingerprint density at radius 2 is 1.50 bits per heavy atom. The van der Waals surface area contributed by atoms with Crippen LogP contribution in [-0.4, -0.2) is 25.5 Å². The van der Waals surface area contributed by atoms with Crippen molar-refractivity contribution in [2.75, 3.05) is 24.4 Å². The summed E-state index contributed by atoms with van der Waals surface area (Å²) in [7, 11) is 1.48. The van der Waals surface area contributed by atoms with Crippen molar-refractivity contribution in [3.05, 3.63) is 83.9 Å². The Balaban J connectivity index is 1.62. The summed E-state index contributed by atoms with van der Waals surface area (Å²) in [5.41, 5.74) is -0.378. The Labute approximate surface area is 182 Å². The molecule has 0 aliphatic carbocycles. The van der Waals surface area contributed by atoms with Crippen LogP contribution >= 0.6 is 0 Å². The van der Waals surface area contributed by atoms with Crippen LogP contribution in [0.4, 0.5) is 24.5 Å². The van der Waals surface area contributed by atoms with E-state index < -0.39 is 23.6 Å². The lowest BCUT2D eigenvalue weighted by Crippen LogP contribution is -2.20. The lowest BCUT2D eigenvalue weighted by Gasteiger charge is -2.12. The lowest BCUT2D eigenvalue weighted by atomic mass is 10.1. The minimum atomic E-state index is -4.52. The third kappa shape index (κ3) is 6.00. The number of amides is 2. The summed E-state index contributed by atoms with van der Waals surface area (Å²) in [4.78, 5) is 24.7. The number of methoxy groups -OCH3 is 1. The van der Waals surface area contributed by atoms with Crippen LogP contribution in [0.15, 0.2) is 72.8 Å². The van der Waals surface area contributed by atoms with Crippen LogP contribution < -0.4 is 20.1 Å². The van der Waals surface area contributed by atoms with Gasteiger partial charge in [0, 0.05) is 16.9 Å². The summed E-state index contributed by atoms with van der Waals surface area (Å²) >= 11 is 0. The molecule has 3 aromatic rings. The molecule has 166 valence electrons. The highest BCUT2D eigenvalue weighted by atomic mass is 19.4. The number of rotatable bonds is 7. The van der Waals surface area contributed by atoms with Crippen molar-refractivity contribution in [1.82, 2.24) is 0 Å². The van der Waals surface area contributed by atoms with Crippen LogP contribution in [0.25, 0.3) is 0 Å². The van der Waals surface area contributed by atoms with Gasteiger partial charge in [0.2, 0.25) is 0 Å². The Kier molecular flexibility index (Phi) is 6.99. The summed E-state index contributed by atoms with van der Waals surface area (Å²) in [6.07, 6.45) is -4.52. The van der Waals surface area contributed by atoms with Crippen molar-refractivity contribution in [2.45, 2.75) is 6.18 Å². The predicted octanol–water partition coefficient (Wildman–Crippen LogP) is 4.98. The number of halogens is 3. The third-order valence-corrected chi connectivity index (χ3v) is 4.28. The molecular weight excluding hydrogens is 425 g/mol. The van der Waals surface area contributed by atoms with E-state index in [1.807, 2.05) is 0 Å². The van der Waals surface area contributed by atoms with E-state index in [0.717, 1.165) is 12.1 Å². The predicted molar refractivity (Wildman–Crippen MR) is 113 cm³/mol. The van der Waals surface area contributed by atoms with Crippen LogP contribution in [0.5, 0.6) is 11.5 Å². The topological polar surface area (TPSA) is 76.7 Å². The highest BCUT2D eigenvalue weighted by molar-refractivity contribution is 6.05. The number of benzene rings is 3. The fourth-order valence-corrected chi connectivity index (χ4v) is 2.79. The summed E-state index contributed by atoms with van der Waals surface area (Å²) in [6, 6.07) is 17.2. The fraction of sp³-hybridized carbons (Fsp3) is 0.130. The van der Waals surface area contributed by atoms with Crippen LogP contribution in [0.2, 0.25) is 0 Å². The minimum absolute atomic E-state index is 0.00414. The summed E-state index contributed by atoms with van der Waals surface area (Å²) in [5.74, 6) is -0.204. The molecule has 0 atom stereocenters. The zero-order chi connectivity index (χ0) is 23.1. The molecule has 0 saturated carbocycles. The van der Waals surface area contributed by atoms with Crippen LogP contribution in [0, 0.1) is 0 Å². The van der Waals surface area contributed by atoms with Gasteiger partial charge in [-0.15, -0.1) is 0 Å². The smallest absolute Gasteiger partial charge is 0.416 e. The van der Waals surface area contributed by atoms with Crippen LogP contribution in [0.1, 0.15) is 15.9 Å². The second kappa shape index (κ2) is 9.86. The number of anilines is 2. The zero-order valence-corrected chi connectivity index (χ0v) is 16.9. The van der Waals surface area contributed by atoms with Gasteiger partial charge in [-0.05, 0) is 48.5 Å². The maximum absolute atomic E-state index is 12.8. The largest absolute Gasteiger partial charge is 0.493 e. The lowest BCUT2D eigenvalue weighted by molar-refractivity contribution is -0.137. The maximum Gasteiger partial charge on any atom is 0.416 e. The molecule has 0 heterocycles. The highest BCUT2D eigenvalue weighted by Crippen LogP contribution is 2.31. The summed E-state index contributed by atoms with van der Waals surface area (Å²) in [6.45, 7) is -0.291. The first-order valence-electron chi connectivity index (χ1n) is 9.40. The second-order valence-electron chi connectivity index (χ2n) is 6.60. The average molecular weight is 444 g/mol. The van der Waals surface area contributed by atoms with Gasteiger partial charge >= 0.3 is 6.18 Å². The molecule has 0 saturated heterocycles. The van der Waals surface area contributed by atoms with Gasteiger partial charge in [-0.3, -0.25) is 9.59 Å². The Bertz CT molecular complexity index is 1120. The molecule has 3 rings (SSSR count). The van der Waals surface area contributed by atoms with Crippen molar-refractivity contribution in [3.8, 4) is 11.5 Å². The average Bonchev–Trinajstić information content (AvgIpc) is 2.77. The van der Waals surface area contributed by atoms with Gasteiger partial charge in [0.15, 0.2) is 18.1 Å². The van der Waals surface area contributed by atoms with Gasteiger partial charge in [0.1, 0.15) is 0 Å². The molecule has 32 heavy (non-hydrogen) atoms. The normalized spacial score (nSPS) is 10.9. The number of hydrogen-bond donors (Lipinski definition) is 2. The molecule has 0 fully saturated rings. The number of nitrogens with one attached hydrogen (secondary N) is 2. The van der Waals surface area contributed by atoms with Gasteiger partial charge in [-0.1, -0.05) is 24.3 Å². The van der Waals surface area contributed by atoms with Gasteiger partial charge in [-0.25, -0.2) is 0 Å². The number of ether oxygens (including phenoxy) is 2. The molecule has 0 radical (unpaired) electrons. The highest BCUT2D eigenvalue weighted by Gasteiger charge is 2.30. The van der Waals surface area contributed by atoms with E-state index in [-0.39, 0.29) is 17.9 Å². The van der Waals surface area contributed by atoms with Gasteiger partial charge in [0.25, 0.3) is 11.8 Å². The number of para-hydroxylation sites is 2. The molecule has 2 N–H and O–H groups in total. The first-order valence-corrected chi connectivity index (χ1v) is 9.40. The van der Waals surface area contributed by atoms with Crippen LogP contribution in [0.3, 0.4) is 0 Å². The van der Waals surface area contributed by atoms with Crippen molar-refractivity contribution < 1.29 is 32.2 Å². The van der Waals surface area contributed by atoms with E-state index in [2.05, 4.69) is 10.6 Å². The number of carbonyl (C=O) groups is 2. The molecule has 0 aromatic heterocycles. The van der Waals surface area contributed by atoms with Crippen LogP contribution in [-0.2, 0) is 11.0 Å². The summed E-state index contributed by atoms with van der Waals surface area (Å²) < 4.78 is 49.1. The monoisotopic (exact) mass is 444 g/mol. The molecule has 2 amide bonds. The van der Waals surface area contributed by atoms with Crippen molar-refractivity contribution >= 4 is 23.2 Å². The number of hydrogen-bond acceptors (Lipinski definition) is 4. The van der Waals surface area contributed by atoms with Gasteiger partial charge in [-0.2, -0.15) is 13.2 Å². The van der Waals surface area contributed by atoms with E-state index in [1.54, 1.807) is 30.3 Å². The standard InChI is InChI=1S/C23H19F3N2O4/c1-31-19-10-2-3-11-20(19)32-14-21(29)27-17-8-4-6-15(12-17)22(30)28-18-9-5-7-16(13-18)23(24,25)26/h2-13H,14H2,1H3,(H,27,29)(H,28,30). The summed E-state index contributed by atoms with van der Waals surface area (Å²) in [5, 5.41) is 5.02. The quantitative estimate of drug-likeness (QED) is 0.539. The first kappa shape index (κ1) is 22.7. The minimum Gasteiger partial charge on any atom is -0.493 e. The molecule has 0 unspecified atom stereocenters. The first-order chi connectivity index (χ1) is 15.3. The van der Waals surface area contributed by atoms with Crippen molar-refractivity contribution in [1.29, 1.82) is 0 Å². The van der Waals surface area contributed by atoms with E-state index in [0.29, 0.717) is 17.2 Å². The second-order valence-corrected chi connectivity index (χ2v) is 6.60. The molecule has 0 spiro atoms. The van der Waals surface area contributed by atoms with E-state index in [1.165, 1.54) is 37.4 Å². The SMILES string of the molecule is COc1ccccc1OCC(=O)Nc1cccc(C(=O)Nc2cccc(C(F)(F)F)c2)c1. The zero-order valence-electron chi connectivity index (χ0n) is 16.9. The van der Waals surface area contributed by atoms with E-state index in [9.17, 15) is 22.8 Å². The maximum atomic E-state index is 12.8. The molecule has 6 nitrogen and oxygen atoms in total. The molecule has 0 aliphatic heterocycles.